The Morgan fingerprint density at radius 3 is 2.50 bits per heavy atom. The predicted octanol–water partition coefficient (Wildman–Crippen LogP) is 1.31. The van der Waals surface area contributed by atoms with Crippen LogP contribution in [-0.4, -0.2) is 45.4 Å². The number of aromatic amines is 1. The Morgan fingerprint density at radius 1 is 1.16 bits per heavy atom. The summed E-state index contributed by atoms with van der Waals surface area (Å²) in [6, 6.07) is 9.46. The molecule has 0 bridgehead atoms. The number of nitrogens with one attached hydrogen (secondary N) is 1. The first kappa shape index (κ1) is 21.9. The number of benzene rings is 1. The van der Waals surface area contributed by atoms with Crippen LogP contribution in [0.1, 0.15) is 44.6 Å². The molecular weight excluding hydrogens is 410 g/mol. The summed E-state index contributed by atoms with van der Waals surface area (Å²) in [5.74, 6) is -0.920. The van der Waals surface area contributed by atoms with Gasteiger partial charge in [0.15, 0.2) is 5.69 Å². The van der Waals surface area contributed by atoms with Crippen molar-refractivity contribution in [1.29, 1.82) is 0 Å². The first-order chi connectivity index (χ1) is 15.4. The molecule has 9 heteroatoms. The van der Waals surface area contributed by atoms with E-state index in [2.05, 4.69) is 4.98 Å². The van der Waals surface area contributed by atoms with Crippen molar-refractivity contribution in [3.63, 3.8) is 0 Å². The molecule has 1 aliphatic carbocycles. The molecule has 0 radical (unpaired) electrons. The highest BCUT2D eigenvalue weighted by Crippen LogP contribution is 2.31. The van der Waals surface area contributed by atoms with Crippen molar-refractivity contribution in [2.45, 2.75) is 51.6 Å². The lowest BCUT2D eigenvalue weighted by Crippen LogP contribution is -2.44. The molecule has 1 saturated carbocycles. The van der Waals surface area contributed by atoms with Crippen molar-refractivity contribution < 1.29 is 9.59 Å². The second-order valence-corrected chi connectivity index (χ2v) is 8.53. The number of hydrogen-bond acceptors (Lipinski definition) is 5. The van der Waals surface area contributed by atoms with Crippen molar-refractivity contribution in [3.8, 4) is 0 Å². The molecule has 1 aliphatic heterocycles. The largest absolute Gasteiger partial charge is 0.383 e. The molecule has 0 spiro atoms. The van der Waals surface area contributed by atoms with E-state index in [9.17, 15) is 19.2 Å². The van der Waals surface area contributed by atoms with Gasteiger partial charge in [-0.3, -0.25) is 23.9 Å². The fourth-order valence-electron chi connectivity index (χ4n) is 4.87. The van der Waals surface area contributed by atoms with Crippen molar-refractivity contribution in [3.05, 3.63) is 56.7 Å². The van der Waals surface area contributed by atoms with Crippen LogP contribution in [-0.2, 0) is 16.1 Å². The summed E-state index contributed by atoms with van der Waals surface area (Å²) in [6.07, 6.45) is 4.28. The van der Waals surface area contributed by atoms with Crippen LogP contribution in [0.4, 0.5) is 11.5 Å². The Bertz CT molecular complexity index is 1120. The second-order valence-electron chi connectivity index (χ2n) is 8.53. The van der Waals surface area contributed by atoms with Gasteiger partial charge in [0, 0.05) is 25.6 Å². The number of carbonyl (C=O) groups is 2. The SMILES string of the molecule is CCN(C(=O)C1CC(=O)N(C2CCCC2)C1)c1c(N)n(Cc2ccccc2)c(=O)[nH]c1=O. The van der Waals surface area contributed by atoms with E-state index in [-0.39, 0.29) is 48.9 Å². The van der Waals surface area contributed by atoms with Gasteiger partial charge in [-0.1, -0.05) is 43.2 Å². The molecular formula is C23H29N5O4. The van der Waals surface area contributed by atoms with E-state index < -0.39 is 17.2 Å². The molecule has 1 saturated heterocycles. The Balaban J connectivity index is 1.63. The fourth-order valence-corrected chi connectivity index (χ4v) is 4.87. The van der Waals surface area contributed by atoms with Crippen LogP contribution in [0, 0.1) is 5.92 Å². The van der Waals surface area contributed by atoms with Gasteiger partial charge in [0.1, 0.15) is 5.82 Å². The van der Waals surface area contributed by atoms with Gasteiger partial charge in [-0.15, -0.1) is 0 Å². The zero-order valence-corrected chi connectivity index (χ0v) is 18.3. The molecule has 2 aliphatic rings. The lowest BCUT2D eigenvalue weighted by atomic mass is 10.1. The number of anilines is 2. The predicted molar refractivity (Wildman–Crippen MR) is 121 cm³/mol. The van der Waals surface area contributed by atoms with Gasteiger partial charge in [-0.05, 0) is 25.3 Å². The first-order valence-corrected chi connectivity index (χ1v) is 11.2. The van der Waals surface area contributed by atoms with Gasteiger partial charge in [-0.2, -0.15) is 0 Å². The van der Waals surface area contributed by atoms with E-state index in [1.807, 2.05) is 35.2 Å². The van der Waals surface area contributed by atoms with Gasteiger partial charge in [-0.25, -0.2) is 4.79 Å². The average molecular weight is 440 g/mol. The Hall–Kier alpha value is -3.36. The summed E-state index contributed by atoms with van der Waals surface area (Å²) >= 11 is 0. The quantitative estimate of drug-likeness (QED) is 0.703. The van der Waals surface area contributed by atoms with Crippen LogP contribution in [0.25, 0.3) is 0 Å². The Kier molecular flexibility index (Phi) is 6.16. The summed E-state index contributed by atoms with van der Waals surface area (Å²) < 4.78 is 1.26. The lowest BCUT2D eigenvalue weighted by molar-refractivity contribution is -0.130. The normalized spacial score (nSPS) is 19.0. The third-order valence-electron chi connectivity index (χ3n) is 6.52. The average Bonchev–Trinajstić information content (AvgIpc) is 3.44. The number of carbonyl (C=O) groups excluding carboxylic acids is 2. The molecule has 9 nitrogen and oxygen atoms in total. The van der Waals surface area contributed by atoms with Crippen LogP contribution in [0.5, 0.6) is 0 Å². The summed E-state index contributed by atoms with van der Waals surface area (Å²) in [5.41, 5.74) is 5.73. The number of amides is 2. The third-order valence-corrected chi connectivity index (χ3v) is 6.52. The summed E-state index contributed by atoms with van der Waals surface area (Å²) in [7, 11) is 0. The first-order valence-electron chi connectivity index (χ1n) is 11.2. The summed E-state index contributed by atoms with van der Waals surface area (Å²) in [4.78, 5) is 56.6. The molecule has 1 atom stereocenters. The Labute approximate surface area is 185 Å². The van der Waals surface area contributed by atoms with E-state index in [0.29, 0.717) is 6.54 Å². The van der Waals surface area contributed by atoms with Crippen LogP contribution >= 0.6 is 0 Å². The molecule has 2 fully saturated rings. The number of nitrogens with two attached hydrogens (primary N) is 1. The smallest absolute Gasteiger partial charge is 0.330 e. The highest BCUT2D eigenvalue weighted by Gasteiger charge is 2.41. The number of nitrogens with zero attached hydrogens (tertiary/aromatic N) is 3. The molecule has 4 rings (SSSR count). The summed E-state index contributed by atoms with van der Waals surface area (Å²) in [6.45, 7) is 2.47. The van der Waals surface area contributed by atoms with E-state index in [4.69, 9.17) is 5.73 Å². The van der Waals surface area contributed by atoms with Gasteiger partial charge in [0.05, 0.1) is 12.5 Å². The molecule has 32 heavy (non-hydrogen) atoms. The zero-order chi connectivity index (χ0) is 22.8. The molecule has 1 aromatic carbocycles. The van der Waals surface area contributed by atoms with Gasteiger partial charge in [0.2, 0.25) is 11.8 Å². The lowest BCUT2D eigenvalue weighted by Gasteiger charge is -2.27. The van der Waals surface area contributed by atoms with E-state index >= 15 is 0 Å². The number of H-pyrrole nitrogens is 1. The Morgan fingerprint density at radius 2 is 1.84 bits per heavy atom. The minimum atomic E-state index is -0.705. The minimum Gasteiger partial charge on any atom is -0.383 e. The molecule has 2 heterocycles. The molecule has 1 unspecified atom stereocenters. The van der Waals surface area contributed by atoms with Crippen LogP contribution in [0.2, 0.25) is 0 Å². The topological polar surface area (TPSA) is 121 Å². The van der Waals surface area contributed by atoms with Crippen LogP contribution in [0.15, 0.2) is 39.9 Å². The van der Waals surface area contributed by atoms with E-state index in [1.54, 1.807) is 6.92 Å². The molecule has 2 amide bonds. The fraction of sp³-hybridized carbons (Fsp3) is 0.478. The monoisotopic (exact) mass is 439 g/mol. The maximum atomic E-state index is 13.4. The zero-order valence-electron chi connectivity index (χ0n) is 18.3. The summed E-state index contributed by atoms with van der Waals surface area (Å²) in [5, 5.41) is 0. The van der Waals surface area contributed by atoms with Crippen LogP contribution in [0.3, 0.4) is 0 Å². The van der Waals surface area contributed by atoms with Gasteiger partial charge < -0.3 is 15.5 Å². The number of rotatable bonds is 6. The highest BCUT2D eigenvalue weighted by atomic mass is 16.2. The number of likely N-dealkylation sites (tertiary alicyclic amines) is 1. The van der Waals surface area contributed by atoms with E-state index in [0.717, 1.165) is 31.2 Å². The van der Waals surface area contributed by atoms with E-state index in [1.165, 1.54) is 9.47 Å². The third kappa shape index (κ3) is 4.06. The van der Waals surface area contributed by atoms with Gasteiger partial charge >= 0.3 is 5.69 Å². The molecule has 170 valence electrons. The molecule has 2 aromatic rings. The number of nitrogen functional groups attached to an aromatic ring is 1. The maximum Gasteiger partial charge on any atom is 0.330 e. The molecule has 3 N–H and O–H groups in total. The second kappa shape index (κ2) is 9.02. The standard InChI is InChI=1S/C23H29N5O4/c1-2-26(22(31)16-12-18(29)27(14-16)17-10-6-7-11-17)19-20(24)28(23(32)25-21(19)30)13-15-8-4-3-5-9-15/h3-5,8-9,16-17H,2,6-7,10-14,24H2,1H3,(H,25,30,32). The minimum absolute atomic E-state index is 0.0118. The molecule has 1 aromatic heterocycles. The van der Waals surface area contributed by atoms with Crippen molar-refractivity contribution in [2.75, 3.05) is 23.7 Å². The maximum absolute atomic E-state index is 13.4. The van der Waals surface area contributed by atoms with Crippen molar-refractivity contribution >= 4 is 23.3 Å². The van der Waals surface area contributed by atoms with Crippen molar-refractivity contribution in [1.82, 2.24) is 14.5 Å². The highest BCUT2D eigenvalue weighted by molar-refractivity contribution is 6.00. The van der Waals surface area contributed by atoms with Crippen molar-refractivity contribution in [2.24, 2.45) is 5.92 Å². The van der Waals surface area contributed by atoms with Crippen LogP contribution < -0.4 is 21.9 Å². The van der Waals surface area contributed by atoms with Gasteiger partial charge in [0.25, 0.3) is 5.56 Å². The number of hydrogen-bond donors (Lipinski definition) is 2. The number of aromatic nitrogens is 2.